The molecule has 0 fully saturated rings. The van der Waals surface area contributed by atoms with Crippen LogP contribution in [0.15, 0.2) is 18.2 Å². The SMILES string of the molecule is CCCC[C@H](CC)CNC(=O)CN(c1ccc2c(c1)OCO2)S(C)(=O)=O. The number of hydrogen-bond donors (Lipinski definition) is 1. The average Bonchev–Trinajstić information content (AvgIpc) is 3.06. The molecule has 1 aromatic rings. The van der Waals surface area contributed by atoms with Gasteiger partial charge in [-0.15, -0.1) is 0 Å². The molecule has 0 unspecified atom stereocenters. The lowest BCUT2D eigenvalue weighted by Gasteiger charge is -2.23. The lowest BCUT2D eigenvalue weighted by molar-refractivity contribution is -0.119. The first-order chi connectivity index (χ1) is 12.3. The number of nitrogens with zero attached hydrogens (tertiary/aromatic N) is 1. The highest BCUT2D eigenvalue weighted by atomic mass is 32.2. The predicted molar refractivity (Wildman–Crippen MR) is 101 cm³/mol. The summed E-state index contributed by atoms with van der Waals surface area (Å²) in [5.74, 6) is 1.13. The fraction of sp³-hybridized carbons (Fsp3) is 0.611. The summed E-state index contributed by atoms with van der Waals surface area (Å²) in [4.78, 5) is 12.3. The number of carbonyl (C=O) groups is 1. The topological polar surface area (TPSA) is 84.9 Å². The fourth-order valence-electron chi connectivity index (χ4n) is 2.83. The van der Waals surface area contributed by atoms with Crippen molar-refractivity contribution in [2.24, 2.45) is 5.92 Å². The molecule has 0 saturated carbocycles. The molecule has 1 aliphatic rings. The molecule has 1 amide bonds. The molecule has 0 saturated heterocycles. The fourth-order valence-corrected chi connectivity index (χ4v) is 3.68. The van der Waals surface area contributed by atoms with Crippen molar-refractivity contribution in [3.63, 3.8) is 0 Å². The van der Waals surface area contributed by atoms with E-state index in [9.17, 15) is 13.2 Å². The summed E-state index contributed by atoms with van der Waals surface area (Å²) in [6.07, 6.45) is 5.38. The van der Waals surface area contributed by atoms with E-state index in [2.05, 4.69) is 19.2 Å². The van der Waals surface area contributed by atoms with Crippen LogP contribution < -0.4 is 19.1 Å². The molecule has 8 heteroatoms. The minimum absolute atomic E-state index is 0.105. The summed E-state index contributed by atoms with van der Waals surface area (Å²) in [5.41, 5.74) is 0.380. The Morgan fingerprint density at radius 3 is 2.65 bits per heavy atom. The zero-order valence-electron chi connectivity index (χ0n) is 15.7. The Hall–Kier alpha value is -1.96. The van der Waals surface area contributed by atoms with Crippen molar-refractivity contribution >= 4 is 21.6 Å². The number of ether oxygens (including phenoxy) is 2. The maximum atomic E-state index is 12.3. The summed E-state index contributed by atoms with van der Waals surface area (Å²) < 4.78 is 36.0. The highest BCUT2D eigenvalue weighted by Crippen LogP contribution is 2.36. The molecule has 1 N–H and O–H groups in total. The van der Waals surface area contributed by atoms with E-state index in [1.165, 1.54) is 0 Å². The minimum atomic E-state index is -3.61. The van der Waals surface area contributed by atoms with Gasteiger partial charge in [0, 0.05) is 12.6 Å². The van der Waals surface area contributed by atoms with Crippen molar-refractivity contribution in [1.82, 2.24) is 5.32 Å². The number of carbonyl (C=O) groups excluding carboxylic acids is 1. The molecule has 2 rings (SSSR count). The van der Waals surface area contributed by atoms with E-state index in [1.54, 1.807) is 18.2 Å². The third-order valence-electron chi connectivity index (χ3n) is 4.46. The van der Waals surface area contributed by atoms with Crippen LogP contribution in [0.25, 0.3) is 0 Å². The van der Waals surface area contributed by atoms with E-state index in [4.69, 9.17) is 9.47 Å². The first kappa shape index (κ1) is 20.4. The Bertz CT molecular complexity index is 720. The first-order valence-corrected chi connectivity index (χ1v) is 10.8. The van der Waals surface area contributed by atoms with E-state index in [0.29, 0.717) is 29.6 Å². The van der Waals surface area contributed by atoms with Crippen LogP contribution in [0.5, 0.6) is 11.5 Å². The Kier molecular flexibility index (Phi) is 7.14. The maximum absolute atomic E-state index is 12.3. The summed E-state index contributed by atoms with van der Waals surface area (Å²) in [6.45, 7) is 4.65. The second kappa shape index (κ2) is 9.12. The van der Waals surface area contributed by atoms with Crippen LogP contribution in [-0.4, -0.2) is 40.5 Å². The van der Waals surface area contributed by atoms with Gasteiger partial charge >= 0.3 is 0 Å². The molecule has 0 spiro atoms. The van der Waals surface area contributed by atoms with Gasteiger partial charge in [0.15, 0.2) is 11.5 Å². The van der Waals surface area contributed by atoms with Gasteiger partial charge in [-0.2, -0.15) is 0 Å². The number of amides is 1. The maximum Gasteiger partial charge on any atom is 0.240 e. The van der Waals surface area contributed by atoms with Gasteiger partial charge in [-0.25, -0.2) is 8.42 Å². The van der Waals surface area contributed by atoms with Crippen LogP contribution in [0, 0.1) is 5.92 Å². The molecule has 0 aliphatic carbocycles. The molecular formula is C18H28N2O5S. The highest BCUT2D eigenvalue weighted by molar-refractivity contribution is 7.92. The normalized spacial score (nSPS) is 14.1. The first-order valence-electron chi connectivity index (χ1n) is 8.99. The van der Waals surface area contributed by atoms with Crippen LogP contribution in [0.4, 0.5) is 5.69 Å². The molecule has 1 aromatic carbocycles. The number of nitrogens with one attached hydrogen (secondary N) is 1. The standard InChI is InChI=1S/C18H28N2O5S/c1-4-6-7-14(5-2)11-19-18(21)12-20(26(3,22)23)15-8-9-16-17(10-15)25-13-24-16/h8-10,14H,4-7,11-13H2,1-3H3,(H,19,21)/t14-/m0/s1. The Balaban J connectivity index is 2.03. The predicted octanol–water partition coefficient (Wildman–Crippen LogP) is 2.51. The van der Waals surface area contributed by atoms with Gasteiger partial charge in [-0.3, -0.25) is 9.10 Å². The monoisotopic (exact) mass is 384 g/mol. The van der Waals surface area contributed by atoms with Gasteiger partial charge in [0.1, 0.15) is 6.54 Å². The molecular weight excluding hydrogens is 356 g/mol. The van der Waals surface area contributed by atoms with Gasteiger partial charge in [-0.1, -0.05) is 33.1 Å². The van der Waals surface area contributed by atoms with Gasteiger partial charge in [-0.05, 0) is 24.5 Å². The smallest absolute Gasteiger partial charge is 0.240 e. The number of rotatable bonds is 10. The van der Waals surface area contributed by atoms with Crippen LogP contribution in [0.2, 0.25) is 0 Å². The Morgan fingerprint density at radius 2 is 2.00 bits per heavy atom. The average molecular weight is 384 g/mol. The third kappa shape index (κ3) is 5.52. The number of benzene rings is 1. The summed E-state index contributed by atoms with van der Waals surface area (Å²) in [7, 11) is -3.61. The second-order valence-corrected chi connectivity index (χ2v) is 8.43. The van der Waals surface area contributed by atoms with Crippen molar-refractivity contribution in [2.45, 2.75) is 39.5 Å². The number of anilines is 1. The van der Waals surface area contributed by atoms with Gasteiger partial charge < -0.3 is 14.8 Å². The van der Waals surface area contributed by atoms with E-state index >= 15 is 0 Å². The summed E-state index contributed by atoms with van der Waals surface area (Å²) >= 11 is 0. The minimum Gasteiger partial charge on any atom is -0.454 e. The zero-order chi connectivity index (χ0) is 19.2. The lowest BCUT2D eigenvalue weighted by atomic mass is 9.99. The molecule has 0 aromatic heterocycles. The molecule has 1 aliphatic heterocycles. The number of unbranched alkanes of at least 4 members (excludes halogenated alkanes) is 1. The summed E-state index contributed by atoms with van der Waals surface area (Å²) in [5, 5.41) is 2.87. The quantitative estimate of drug-likeness (QED) is 0.670. The molecule has 1 heterocycles. The Labute approximate surface area is 155 Å². The molecule has 0 bridgehead atoms. The number of sulfonamides is 1. The van der Waals surface area contributed by atoms with Crippen molar-refractivity contribution in [1.29, 1.82) is 0 Å². The van der Waals surface area contributed by atoms with Gasteiger partial charge in [0.05, 0.1) is 11.9 Å². The van der Waals surface area contributed by atoms with E-state index in [0.717, 1.165) is 36.2 Å². The van der Waals surface area contributed by atoms with E-state index in [1.807, 2.05) is 0 Å². The Morgan fingerprint density at radius 1 is 1.27 bits per heavy atom. The van der Waals surface area contributed by atoms with Crippen LogP contribution in [-0.2, 0) is 14.8 Å². The largest absolute Gasteiger partial charge is 0.454 e. The second-order valence-electron chi connectivity index (χ2n) is 6.53. The van der Waals surface area contributed by atoms with Crippen molar-refractivity contribution in [3.8, 4) is 11.5 Å². The van der Waals surface area contributed by atoms with Crippen LogP contribution in [0.1, 0.15) is 39.5 Å². The van der Waals surface area contributed by atoms with Crippen molar-refractivity contribution in [2.75, 3.05) is 30.4 Å². The molecule has 0 radical (unpaired) electrons. The van der Waals surface area contributed by atoms with E-state index in [-0.39, 0.29) is 19.2 Å². The molecule has 146 valence electrons. The summed E-state index contributed by atoms with van der Waals surface area (Å²) in [6, 6.07) is 4.83. The third-order valence-corrected chi connectivity index (χ3v) is 5.60. The van der Waals surface area contributed by atoms with E-state index < -0.39 is 10.0 Å². The van der Waals surface area contributed by atoms with Crippen LogP contribution in [0.3, 0.4) is 0 Å². The van der Waals surface area contributed by atoms with Crippen molar-refractivity contribution in [3.05, 3.63) is 18.2 Å². The van der Waals surface area contributed by atoms with Gasteiger partial charge in [0.2, 0.25) is 22.7 Å². The van der Waals surface area contributed by atoms with Gasteiger partial charge in [0.25, 0.3) is 0 Å². The lowest BCUT2D eigenvalue weighted by Crippen LogP contribution is -2.41. The highest BCUT2D eigenvalue weighted by Gasteiger charge is 2.24. The zero-order valence-corrected chi connectivity index (χ0v) is 16.5. The van der Waals surface area contributed by atoms with Crippen molar-refractivity contribution < 1.29 is 22.7 Å². The molecule has 1 atom stereocenters. The molecule has 26 heavy (non-hydrogen) atoms. The molecule has 7 nitrogen and oxygen atoms in total. The number of hydrogen-bond acceptors (Lipinski definition) is 5. The van der Waals surface area contributed by atoms with Crippen LogP contribution >= 0.6 is 0 Å². The number of fused-ring (bicyclic) bond motifs is 1.